The molecule has 2 rings (SSSR count). The van der Waals surface area contributed by atoms with Gasteiger partial charge in [0.25, 0.3) is 0 Å². The first-order chi connectivity index (χ1) is 9.70. The lowest BCUT2D eigenvalue weighted by Crippen LogP contribution is -2.21. The van der Waals surface area contributed by atoms with Crippen LogP contribution in [0.25, 0.3) is 0 Å². The lowest BCUT2D eigenvalue weighted by molar-refractivity contribution is 0.413. The Morgan fingerprint density at radius 3 is 2.65 bits per heavy atom. The Hall–Kier alpha value is -1.80. The lowest BCUT2D eigenvalue weighted by atomic mass is 10.0. The zero-order valence-electron chi connectivity index (χ0n) is 12.5. The van der Waals surface area contributed by atoms with Gasteiger partial charge in [0.1, 0.15) is 5.75 Å². The van der Waals surface area contributed by atoms with Gasteiger partial charge < -0.3 is 10.1 Å². The second-order valence-electron chi connectivity index (χ2n) is 5.13. The minimum absolute atomic E-state index is 0.328. The van der Waals surface area contributed by atoms with Crippen molar-refractivity contribution in [3.63, 3.8) is 0 Å². The molecule has 0 heterocycles. The van der Waals surface area contributed by atoms with Gasteiger partial charge in [0.15, 0.2) is 0 Å². The van der Waals surface area contributed by atoms with E-state index in [-0.39, 0.29) is 0 Å². The number of aryl methyl sites for hydroxylation is 1. The fourth-order valence-electron chi connectivity index (χ4n) is 2.34. The summed E-state index contributed by atoms with van der Waals surface area (Å²) in [4.78, 5) is 0. The first-order valence-corrected chi connectivity index (χ1v) is 7.12. The van der Waals surface area contributed by atoms with Gasteiger partial charge in [-0.3, -0.25) is 0 Å². The Morgan fingerprint density at radius 1 is 1.10 bits per heavy atom. The highest BCUT2D eigenvalue weighted by atomic mass is 16.5. The second kappa shape index (κ2) is 7.11. The molecule has 0 saturated carbocycles. The van der Waals surface area contributed by atoms with Crippen molar-refractivity contribution in [2.24, 2.45) is 0 Å². The number of benzene rings is 2. The van der Waals surface area contributed by atoms with E-state index < -0.39 is 0 Å². The van der Waals surface area contributed by atoms with E-state index in [0.29, 0.717) is 6.04 Å². The van der Waals surface area contributed by atoms with E-state index in [1.54, 1.807) is 7.11 Å². The van der Waals surface area contributed by atoms with Crippen molar-refractivity contribution in [2.75, 3.05) is 13.7 Å². The quantitative estimate of drug-likeness (QED) is 0.859. The minimum atomic E-state index is 0.328. The molecule has 2 aromatic rings. The third-order valence-corrected chi connectivity index (χ3v) is 3.70. The molecule has 20 heavy (non-hydrogen) atoms. The molecule has 0 amide bonds. The smallest absolute Gasteiger partial charge is 0.119 e. The summed E-state index contributed by atoms with van der Waals surface area (Å²) in [7, 11) is 1.70. The highest BCUT2D eigenvalue weighted by molar-refractivity contribution is 5.30. The molecular formula is C18H23NO. The van der Waals surface area contributed by atoms with Crippen molar-refractivity contribution in [3.05, 3.63) is 65.2 Å². The molecule has 0 aliphatic carbocycles. The third kappa shape index (κ3) is 3.84. The summed E-state index contributed by atoms with van der Waals surface area (Å²) in [5.74, 6) is 0.912. The van der Waals surface area contributed by atoms with Crippen LogP contribution in [-0.2, 0) is 6.42 Å². The maximum atomic E-state index is 5.27. The van der Waals surface area contributed by atoms with Crippen LogP contribution in [0.4, 0.5) is 0 Å². The van der Waals surface area contributed by atoms with Crippen molar-refractivity contribution in [2.45, 2.75) is 26.3 Å². The Labute approximate surface area is 121 Å². The maximum Gasteiger partial charge on any atom is 0.119 e. The lowest BCUT2D eigenvalue weighted by Gasteiger charge is -2.15. The molecule has 0 fully saturated rings. The van der Waals surface area contributed by atoms with Crippen molar-refractivity contribution in [1.82, 2.24) is 5.32 Å². The van der Waals surface area contributed by atoms with Crippen LogP contribution in [0, 0.1) is 6.92 Å². The molecule has 2 heteroatoms. The fraction of sp³-hybridized carbons (Fsp3) is 0.333. The molecule has 106 valence electrons. The van der Waals surface area contributed by atoms with E-state index >= 15 is 0 Å². The molecule has 2 aromatic carbocycles. The number of methoxy groups -OCH3 is 1. The van der Waals surface area contributed by atoms with Crippen LogP contribution < -0.4 is 10.1 Å². The van der Waals surface area contributed by atoms with E-state index in [1.165, 1.54) is 16.7 Å². The van der Waals surface area contributed by atoms with Gasteiger partial charge in [0.2, 0.25) is 0 Å². The molecule has 0 spiro atoms. The predicted molar refractivity (Wildman–Crippen MR) is 84.3 cm³/mol. The Balaban J connectivity index is 1.89. The Kier molecular flexibility index (Phi) is 5.19. The van der Waals surface area contributed by atoms with E-state index in [2.05, 4.69) is 55.6 Å². The van der Waals surface area contributed by atoms with Crippen molar-refractivity contribution < 1.29 is 4.74 Å². The van der Waals surface area contributed by atoms with Crippen LogP contribution in [0.2, 0.25) is 0 Å². The van der Waals surface area contributed by atoms with Crippen molar-refractivity contribution in [3.8, 4) is 5.75 Å². The first kappa shape index (κ1) is 14.6. The van der Waals surface area contributed by atoms with Gasteiger partial charge in [-0.15, -0.1) is 0 Å². The summed E-state index contributed by atoms with van der Waals surface area (Å²) in [5, 5.41) is 3.57. The number of rotatable bonds is 6. The molecule has 0 aromatic heterocycles. The molecule has 0 bridgehead atoms. The Morgan fingerprint density at radius 2 is 1.90 bits per heavy atom. The molecule has 1 N–H and O–H groups in total. The second-order valence-corrected chi connectivity index (χ2v) is 5.13. The summed E-state index contributed by atoms with van der Waals surface area (Å²) in [5.41, 5.74) is 4.04. The standard InChI is InChI=1S/C18H23NO/c1-14-7-4-5-8-16(14)11-12-19-15(2)17-9-6-10-18(13-17)20-3/h4-10,13,15,19H,11-12H2,1-3H3/t15-/m0/s1. The van der Waals surface area contributed by atoms with Crippen LogP contribution in [0.15, 0.2) is 48.5 Å². The van der Waals surface area contributed by atoms with Gasteiger partial charge in [-0.25, -0.2) is 0 Å². The van der Waals surface area contributed by atoms with Gasteiger partial charge in [-0.05, 0) is 55.6 Å². The zero-order chi connectivity index (χ0) is 14.4. The maximum absolute atomic E-state index is 5.27. The topological polar surface area (TPSA) is 21.3 Å². The monoisotopic (exact) mass is 269 g/mol. The summed E-state index contributed by atoms with van der Waals surface area (Å²) >= 11 is 0. The fourth-order valence-corrected chi connectivity index (χ4v) is 2.34. The summed E-state index contributed by atoms with van der Waals surface area (Å²) in [6, 6.07) is 17.1. The number of hydrogen-bond donors (Lipinski definition) is 1. The van der Waals surface area contributed by atoms with Crippen LogP contribution in [0.3, 0.4) is 0 Å². The molecular weight excluding hydrogens is 246 g/mol. The van der Waals surface area contributed by atoms with Crippen LogP contribution in [0.1, 0.15) is 29.7 Å². The molecule has 2 nitrogen and oxygen atoms in total. The molecule has 0 unspecified atom stereocenters. The normalized spacial score (nSPS) is 12.2. The number of ether oxygens (including phenoxy) is 1. The minimum Gasteiger partial charge on any atom is -0.497 e. The van der Waals surface area contributed by atoms with Crippen molar-refractivity contribution in [1.29, 1.82) is 0 Å². The van der Waals surface area contributed by atoms with Crippen LogP contribution in [-0.4, -0.2) is 13.7 Å². The largest absolute Gasteiger partial charge is 0.497 e. The SMILES string of the molecule is COc1cccc([C@H](C)NCCc2ccccc2C)c1. The highest BCUT2D eigenvalue weighted by Gasteiger charge is 2.06. The first-order valence-electron chi connectivity index (χ1n) is 7.12. The number of nitrogens with one attached hydrogen (secondary N) is 1. The van der Waals surface area contributed by atoms with Gasteiger partial charge in [-0.1, -0.05) is 36.4 Å². The average Bonchev–Trinajstić information content (AvgIpc) is 2.49. The summed E-state index contributed by atoms with van der Waals surface area (Å²) in [6.45, 7) is 5.33. The van der Waals surface area contributed by atoms with E-state index in [4.69, 9.17) is 4.74 Å². The van der Waals surface area contributed by atoms with E-state index in [1.807, 2.05) is 12.1 Å². The summed E-state index contributed by atoms with van der Waals surface area (Å²) in [6.07, 6.45) is 1.06. The molecule has 0 aliphatic rings. The average molecular weight is 269 g/mol. The predicted octanol–water partition coefficient (Wildman–Crippen LogP) is 3.90. The van der Waals surface area contributed by atoms with Crippen LogP contribution in [0.5, 0.6) is 5.75 Å². The number of hydrogen-bond acceptors (Lipinski definition) is 2. The molecule has 0 radical (unpaired) electrons. The molecule has 1 atom stereocenters. The van der Waals surface area contributed by atoms with Gasteiger partial charge >= 0.3 is 0 Å². The van der Waals surface area contributed by atoms with Crippen molar-refractivity contribution >= 4 is 0 Å². The highest BCUT2D eigenvalue weighted by Crippen LogP contribution is 2.18. The van der Waals surface area contributed by atoms with Gasteiger partial charge in [-0.2, -0.15) is 0 Å². The Bertz CT molecular complexity index is 551. The summed E-state index contributed by atoms with van der Waals surface area (Å²) < 4.78 is 5.27. The van der Waals surface area contributed by atoms with E-state index in [9.17, 15) is 0 Å². The van der Waals surface area contributed by atoms with E-state index in [0.717, 1.165) is 18.7 Å². The van der Waals surface area contributed by atoms with Gasteiger partial charge in [0.05, 0.1) is 7.11 Å². The zero-order valence-corrected chi connectivity index (χ0v) is 12.5. The van der Waals surface area contributed by atoms with Crippen LogP contribution >= 0.6 is 0 Å². The molecule has 0 saturated heterocycles. The van der Waals surface area contributed by atoms with Gasteiger partial charge in [0, 0.05) is 6.04 Å². The third-order valence-electron chi connectivity index (χ3n) is 3.70. The molecule has 0 aliphatic heterocycles.